The Balaban J connectivity index is 1.22. The number of benzene rings is 7. The van der Waals surface area contributed by atoms with Crippen LogP contribution in [0, 0.1) is 13.8 Å². The Morgan fingerprint density at radius 2 is 0.852 bits per heavy atom. The molecule has 0 spiro atoms. The largest absolute Gasteiger partial charge is 0.311 e. The van der Waals surface area contributed by atoms with Gasteiger partial charge in [0.25, 0.3) is 0 Å². The highest BCUT2D eigenvalue weighted by Crippen LogP contribution is 2.42. The Morgan fingerprint density at radius 1 is 0.459 bits per heavy atom. The molecule has 0 atom stereocenters. The zero-order valence-corrected chi connectivity index (χ0v) is 35.3. The minimum absolute atomic E-state index is 0.951. The number of hydrogen-bond acceptors (Lipinski definition) is 4. The Morgan fingerprint density at radius 3 is 1.30 bits per heavy atom. The van der Waals surface area contributed by atoms with E-state index in [0.717, 1.165) is 81.0 Å². The lowest BCUT2D eigenvalue weighted by molar-refractivity contribution is 0.997. The molecular weight excluding hydrogens is 741 g/mol. The van der Waals surface area contributed by atoms with E-state index in [9.17, 15) is 0 Å². The average molecular weight is 793 g/mol. The quantitative estimate of drug-likeness (QED) is 0.102. The molecule has 0 N–H and O–H groups in total. The lowest BCUT2D eigenvalue weighted by Gasteiger charge is -2.31. The van der Waals surface area contributed by atoms with Crippen molar-refractivity contribution in [3.8, 4) is 0 Å². The van der Waals surface area contributed by atoms with Crippen LogP contribution in [0.3, 0.4) is 0 Å². The summed E-state index contributed by atoms with van der Waals surface area (Å²) in [6.45, 7) is 14.6. The van der Waals surface area contributed by atoms with Crippen LogP contribution in [-0.4, -0.2) is 0 Å². The summed E-state index contributed by atoms with van der Waals surface area (Å²) < 4.78 is 0. The lowest BCUT2D eigenvalue weighted by Crippen LogP contribution is -2.17. The molecule has 300 valence electrons. The maximum atomic E-state index is 4.17. The zero-order chi connectivity index (χ0) is 42.1. The third-order valence-electron chi connectivity index (χ3n) is 10.7. The van der Waals surface area contributed by atoms with E-state index in [-0.39, 0.29) is 0 Å². The van der Waals surface area contributed by atoms with Gasteiger partial charge in [-0.2, -0.15) is 0 Å². The fourth-order valence-electron chi connectivity index (χ4n) is 7.96. The molecule has 4 nitrogen and oxygen atoms in total. The van der Waals surface area contributed by atoms with Gasteiger partial charge in [0.05, 0.1) is 0 Å². The van der Waals surface area contributed by atoms with Crippen molar-refractivity contribution in [1.29, 1.82) is 0 Å². The second kappa shape index (κ2) is 18.6. The Kier molecular flexibility index (Phi) is 12.2. The topological polar surface area (TPSA) is 13.0 Å². The molecule has 0 heterocycles. The third-order valence-corrected chi connectivity index (χ3v) is 10.7. The standard InChI is InChI=1S/C57H52N4/c1-6-46(40-43(2)3)58(47-20-10-7-11-21-47)50-28-30-51(31-29-50)59(52-32-36-54(37-33-52)60(48-22-12-8-13-23-48)56-26-16-18-44(4)41-56)53-34-38-55(39-35-53)61(49-24-14-9-15-25-49)57-27-17-19-45(5)42-57/h6-8,10-14,16-42H,1-2,9,15H2,3-5H3/b46-40+. The van der Waals surface area contributed by atoms with Gasteiger partial charge in [0.1, 0.15) is 0 Å². The van der Waals surface area contributed by atoms with E-state index in [4.69, 9.17) is 0 Å². The Labute approximate surface area is 362 Å². The number of para-hydroxylation sites is 2. The lowest BCUT2D eigenvalue weighted by atomic mass is 10.1. The average Bonchev–Trinajstić information content (AvgIpc) is 3.29. The van der Waals surface area contributed by atoms with Gasteiger partial charge in [-0.05, 0) is 184 Å². The predicted molar refractivity (Wildman–Crippen MR) is 262 cm³/mol. The molecule has 0 saturated heterocycles. The van der Waals surface area contributed by atoms with Gasteiger partial charge in [-0.15, -0.1) is 0 Å². The highest BCUT2D eigenvalue weighted by molar-refractivity contribution is 5.83. The van der Waals surface area contributed by atoms with Crippen LogP contribution in [0.1, 0.15) is 30.9 Å². The van der Waals surface area contributed by atoms with E-state index in [2.05, 4.69) is 247 Å². The summed E-state index contributed by atoms with van der Waals surface area (Å²) in [4.78, 5) is 9.22. The first kappa shape index (κ1) is 40.2. The number of hydrogen-bond donors (Lipinski definition) is 0. The SMILES string of the molecule is C=C/C(=C\C(=C)C)N(c1ccccc1)c1ccc(N(c2ccc(N(C3=CCCC=C3)c3cccc(C)c3)cc2)c2ccc(N(c3ccccc3)c3cccc(C)c3)cc2)cc1. The van der Waals surface area contributed by atoms with Gasteiger partial charge in [0.15, 0.2) is 0 Å². The summed E-state index contributed by atoms with van der Waals surface area (Å²) in [5.74, 6) is 0. The number of nitrogens with zero attached hydrogens (tertiary/aromatic N) is 4. The molecular formula is C57H52N4. The highest BCUT2D eigenvalue weighted by Gasteiger charge is 2.20. The molecule has 7 aromatic rings. The van der Waals surface area contributed by atoms with Crippen LogP contribution < -0.4 is 19.6 Å². The van der Waals surface area contributed by atoms with Crippen molar-refractivity contribution in [3.05, 3.63) is 254 Å². The predicted octanol–water partition coefficient (Wildman–Crippen LogP) is 16.4. The van der Waals surface area contributed by atoms with E-state index < -0.39 is 0 Å². The first-order valence-corrected chi connectivity index (χ1v) is 21.0. The number of anilines is 10. The van der Waals surface area contributed by atoms with Gasteiger partial charge in [-0.25, -0.2) is 0 Å². The summed E-state index contributed by atoms with van der Waals surface area (Å²) in [6, 6.07) is 65.0. The van der Waals surface area contributed by atoms with Crippen LogP contribution >= 0.6 is 0 Å². The van der Waals surface area contributed by atoms with E-state index >= 15 is 0 Å². The van der Waals surface area contributed by atoms with E-state index in [1.165, 1.54) is 16.8 Å². The zero-order valence-electron chi connectivity index (χ0n) is 35.3. The molecule has 8 rings (SSSR count). The molecule has 0 bridgehead atoms. The molecule has 4 heteroatoms. The summed E-state index contributed by atoms with van der Waals surface area (Å²) >= 11 is 0. The monoisotopic (exact) mass is 792 g/mol. The molecule has 0 fully saturated rings. The third kappa shape index (κ3) is 9.20. The van der Waals surface area contributed by atoms with Gasteiger partial charge in [-0.1, -0.05) is 91.5 Å². The Bertz CT molecular complexity index is 2690. The maximum Gasteiger partial charge on any atom is 0.0464 e. The molecule has 1 aliphatic rings. The van der Waals surface area contributed by atoms with E-state index in [1.54, 1.807) is 0 Å². The van der Waals surface area contributed by atoms with Crippen LogP contribution in [0.15, 0.2) is 242 Å². The molecule has 0 unspecified atom stereocenters. The molecule has 0 amide bonds. The smallest absolute Gasteiger partial charge is 0.0464 e. The van der Waals surface area contributed by atoms with Gasteiger partial charge in [0.2, 0.25) is 0 Å². The molecule has 0 aromatic heterocycles. The van der Waals surface area contributed by atoms with E-state index in [0.29, 0.717) is 0 Å². The van der Waals surface area contributed by atoms with Crippen LogP contribution in [0.4, 0.5) is 56.9 Å². The van der Waals surface area contributed by atoms with E-state index in [1.807, 2.05) is 19.1 Å². The summed E-state index contributed by atoms with van der Waals surface area (Å²) in [5.41, 5.74) is 16.3. The van der Waals surface area contributed by atoms with Crippen molar-refractivity contribution in [1.82, 2.24) is 0 Å². The van der Waals surface area contributed by atoms with Crippen molar-refractivity contribution in [2.24, 2.45) is 0 Å². The molecule has 0 aliphatic heterocycles. The first-order chi connectivity index (χ1) is 29.9. The Hall–Kier alpha value is -7.56. The second-order valence-corrected chi connectivity index (χ2v) is 15.5. The molecule has 0 radical (unpaired) electrons. The molecule has 7 aromatic carbocycles. The van der Waals surface area contributed by atoms with Crippen molar-refractivity contribution in [2.75, 3.05) is 19.6 Å². The summed E-state index contributed by atoms with van der Waals surface area (Å²) in [6.07, 6.45) is 12.9. The maximum absolute atomic E-state index is 4.17. The van der Waals surface area contributed by atoms with Gasteiger partial charge in [0, 0.05) is 68.3 Å². The van der Waals surface area contributed by atoms with Crippen molar-refractivity contribution in [3.63, 3.8) is 0 Å². The van der Waals surface area contributed by atoms with Gasteiger partial charge >= 0.3 is 0 Å². The minimum atomic E-state index is 0.951. The van der Waals surface area contributed by atoms with Crippen LogP contribution in [0.25, 0.3) is 0 Å². The molecule has 61 heavy (non-hydrogen) atoms. The fraction of sp³-hybridized carbons (Fsp3) is 0.0877. The summed E-state index contributed by atoms with van der Waals surface area (Å²) in [7, 11) is 0. The summed E-state index contributed by atoms with van der Waals surface area (Å²) in [5, 5.41) is 0. The van der Waals surface area contributed by atoms with Crippen LogP contribution in [-0.2, 0) is 0 Å². The number of rotatable bonds is 14. The number of aryl methyl sites for hydroxylation is 2. The van der Waals surface area contributed by atoms with Crippen LogP contribution in [0.5, 0.6) is 0 Å². The normalized spacial score (nSPS) is 12.3. The van der Waals surface area contributed by atoms with Crippen molar-refractivity contribution in [2.45, 2.75) is 33.6 Å². The van der Waals surface area contributed by atoms with Gasteiger partial charge in [-0.3, -0.25) is 0 Å². The fourth-order valence-corrected chi connectivity index (χ4v) is 7.96. The second-order valence-electron chi connectivity index (χ2n) is 15.5. The van der Waals surface area contributed by atoms with Crippen LogP contribution in [0.2, 0.25) is 0 Å². The number of allylic oxidation sites excluding steroid dienone is 6. The van der Waals surface area contributed by atoms with Crippen molar-refractivity contribution < 1.29 is 0 Å². The minimum Gasteiger partial charge on any atom is -0.311 e. The molecule has 0 saturated carbocycles. The van der Waals surface area contributed by atoms with Crippen molar-refractivity contribution >= 4 is 56.9 Å². The van der Waals surface area contributed by atoms with Gasteiger partial charge < -0.3 is 19.6 Å². The molecule has 1 aliphatic carbocycles. The highest BCUT2D eigenvalue weighted by atomic mass is 15.2. The first-order valence-electron chi connectivity index (χ1n) is 21.0.